The summed E-state index contributed by atoms with van der Waals surface area (Å²) in [6, 6.07) is 23.2. The Hall–Kier alpha value is -3.51. The van der Waals surface area contributed by atoms with Gasteiger partial charge >= 0.3 is 5.97 Å². The highest BCUT2D eigenvalue weighted by molar-refractivity contribution is 5.87. The summed E-state index contributed by atoms with van der Waals surface area (Å²) in [7, 11) is 0. The summed E-state index contributed by atoms with van der Waals surface area (Å²) in [6.07, 6.45) is 8.55. The first-order valence-corrected chi connectivity index (χ1v) is 12.3. The van der Waals surface area contributed by atoms with Gasteiger partial charge in [0.05, 0.1) is 5.56 Å². The smallest absolute Gasteiger partial charge is 0.335 e. The maximum atomic E-state index is 11.0. The first-order valence-electron chi connectivity index (χ1n) is 12.3. The molecule has 3 heteroatoms. The van der Waals surface area contributed by atoms with E-state index in [1.165, 1.54) is 44.1 Å². The van der Waals surface area contributed by atoms with Gasteiger partial charge in [-0.1, -0.05) is 24.0 Å². The van der Waals surface area contributed by atoms with Gasteiger partial charge in [0, 0.05) is 11.1 Å². The third-order valence-electron chi connectivity index (χ3n) is 8.08. The van der Waals surface area contributed by atoms with Gasteiger partial charge in [-0.2, -0.15) is 0 Å². The number of aromatic carboxylic acids is 1. The van der Waals surface area contributed by atoms with Crippen molar-refractivity contribution in [3.63, 3.8) is 0 Å². The summed E-state index contributed by atoms with van der Waals surface area (Å²) >= 11 is 0. The van der Waals surface area contributed by atoms with Crippen LogP contribution in [0, 0.1) is 29.6 Å². The lowest BCUT2D eigenvalue weighted by Gasteiger charge is -2.57. The van der Waals surface area contributed by atoms with E-state index >= 15 is 0 Å². The van der Waals surface area contributed by atoms with Gasteiger partial charge in [0.1, 0.15) is 11.5 Å². The molecule has 170 valence electrons. The second-order valence-corrected chi connectivity index (χ2v) is 10.5. The standard InChI is InChI=1S/C31H28O3/c32-30(33)26-7-3-21(4-8-26)1-2-22-5-11-28(12-6-22)34-29-13-9-27(10-14-29)31-18-23-15-24(19-31)17-25(16-23)20-31/h3-14,23-25H,15-20H2,(H,32,33). The van der Waals surface area contributed by atoms with E-state index in [0.29, 0.717) is 5.41 Å². The number of rotatable bonds is 4. The predicted octanol–water partition coefficient (Wildman–Crippen LogP) is 7.04. The van der Waals surface area contributed by atoms with Crippen molar-refractivity contribution in [1.82, 2.24) is 0 Å². The molecule has 3 aromatic rings. The van der Waals surface area contributed by atoms with E-state index in [4.69, 9.17) is 9.84 Å². The normalized spacial score (nSPS) is 26.5. The zero-order chi connectivity index (χ0) is 23.1. The molecule has 4 fully saturated rings. The molecule has 1 N–H and O–H groups in total. The first kappa shape index (κ1) is 21.1. The van der Waals surface area contributed by atoms with Crippen LogP contribution in [0.1, 0.15) is 65.6 Å². The Morgan fingerprint density at radius 3 is 1.62 bits per heavy atom. The van der Waals surface area contributed by atoms with Gasteiger partial charge in [-0.05, 0) is 128 Å². The van der Waals surface area contributed by atoms with Crippen molar-refractivity contribution in [2.45, 2.75) is 43.9 Å². The molecule has 4 aliphatic rings. The van der Waals surface area contributed by atoms with Crippen LogP contribution in [0.3, 0.4) is 0 Å². The van der Waals surface area contributed by atoms with Gasteiger partial charge in [0.15, 0.2) is 0 Å². The van der Waals surface area contributed by atoms with Crippen molar-refractivity contribution in [3.05, 3.63) is 95.1 Å². The van der Waals surface area contributed by atoms with Gasteiger partial charge in [0.25, 0.3) is 0 Å². The van der Waals surface area contributed by atoms with Gasteiger partial charge in [-0.25, -0.2) is 4.79 Å². The van der Waals surface area contributed by atoms with Crippen molar-refractivity contribution in [2.75, 3.05) is 0 Å². The van der Waals surface area contributed by atoms with E-state index in [1.807, 2.05) is 24.3 Å². The number of hydrogen-bond acceptors (Lipinski definition) is 2. The molecule has 0 atom stereocenters. The van der Waals surface area contributed by atoms with Crippen molar-refractivity contribution < 1.29 is 14.6 Å². The van der Waals surface area contributed by atoms with Gasteiger partial charge < -0.3 is 9.84 Å². The molecule has 0 saturated heterocycles. The average Bonchev–Trinajstić information content (AvgIpc) is 2.83. The number of hydrogen-bond donors (Lipinski definition) is 1. The molecule has 0 radical (unpaired) electrons. The first-order chi connectivity index (χ1) is 16.5. The van der Waals surface area contributed by atoms with Crippen molar-refractivity contribution in [2.24, 2.45) is 17.8 Å². The molecule has 3 aromatic carbocycles. The van der Waals surface area contributed by atoms with Crippen LogP contribution in [0.15, 0.2) is 72.8 Å². The number of carboxylic acid groups (broad SMARTS) is 1. The fraction of sp³-hybridized carbons (Fsp3) is 0.323. The van der Waals surface area contributed by atoms with Gasteiger partial charge in [-0.3, -0.25) is 0 Å². The summed E-state index contributed by atoms with van der Waals surface area (Å²) < 4.78 is 6.10. The third kappa shape index (κ3) is 4.10. The van der Waals surface area contributed by atoms with Crippen molar-refractivity contribution >= 4 is 5.97 Å². The van der Waals surface area contributed by atoms with Crippen molar-refractivity contribution in [3.8, 4) is 23.3 Å². The third-order valence-corrected chi connectivity index (χ3v) is 8.08. The molecular weight excluding hydrogens is 420 g/mol. The van der Waals surface area contributed by atoms with E-state index in [-0.39, 0.29) is 5.56 Å². The molecule has 34 heavy (non-hydrogen) atoms. The minimum Gasteiger partial charge on any atom is -0.478 e. The molecule has 3 nitrogen and oxygen atoms in total. The molecule has 0 unspecified atom stereocenters. The molecule has 0 aliphatic heterocycles. The fourth-order valence-corrected chi connectivity index (χ4v) is 6.92. The Morgan fingerprint density at radius 2 is 1.15 bits per heavy atom. The Morgan fingerprint density at radius 1 is 0.706 bits per heavy atom. The maximum Gasteiger partial charge on any atom is 0.335 e. The van der Waals surface area contributed by atoms with Crippen LogP contribution in [0.4, 0.5) is 0 Å². The number of ether oxygens (including phenoxy) is 1. The molecule has 4 bridgehead atoms. The van der Waals surface area contributed by atoms with Crippen LogP contribution >= 0.6 is 0 Å². The highest BCUT2D eigenvalue weighted by atomic mass is 16.5. The maximum absolute atomic E-state index is 11.0. The average molecular weight is 449 g/mol. The lowest BCUT2D eigenvalue weighted by Crippen LogP contribution is -2.48. The Kier molecular flexibility index (Phi) is 5.18. The molecule has 0 aromatic heterocycles. The molecule has 7 rings (SSSR count). The van der Waals surface area contributed by atoms with Crippen LogP contribution in [-0.4, -0.2) is 11.1 Å². The summed E-state index contributed by atoms with van der Waals surface area (Å²) in [5, 5.41) is 8.99. The largest absolute Gasteiger partial charge is 0.478 e. The SMILES string of the molecule is O=C(O)c1ccc(C#Cc2ccc(Oc3ccc(C45CC6CC(CC(C6)C4)C5)cc3)cc2)cc1. The predicted molar refractivity (Wildman–Crippen MR) is 132 cm³/mol. The number of carbonyl (C=O) groups is 1. The van der Waals surface area contributed by atoms with Crippen LogP contribution in [-0.2, 0) is 5.41 Å². The summed E-state index contributed by atoms with van der Waals surface area (Å²) in [4.78, 5) is 11.0. The van der Waals surface area contributed by atoms with Crippen LogP contribution < -0.4 is 4.74 Å². The summed E-state index contributed by atoms with van der Waals surface area (Å²) in [6.45, 7) is 0. The second kappa shape index (κ2) is 8.37. The van der Waals surface area contributed by atoms with Crippen LogP contribution in [0.2, 0.25) is 0 Å². The van der Waals surface area contributed by atoms with Gasteiger partial charge in [-0.15, -0.1) is 0 Å². The Balaban J connectivity index is 1.11. The van der Waals surface area contributed by atoms with E-state index in [1.54, 1.807) is 24.3 Å². The Labute approximate surface area is 200 Å². The van der Waals surface area contributed by atoms with E-state index in [2.05, 4.69) is 36.1 Å². The van der Waals surface area contributed by atoms with Gasteiger partial charge in [0.2, 0.25) is 0 Å². The lowest BCUT2D eigenvalue weighted by atomic mass is 9.48. The van der Waals surface area contributed by atoms with E-state index in [0.717, 1.165) is 40.4 Å². The minimum absolute atomic E-state index is 0.262. The lowest BCUT2D eigenvalue weighted by molar-refractivity contribution is -0.00520. The molecule has 0 amide bonds. The highest BCUT2D eigenvalue weighted by Gasteiger charge is 2.51. The topological polar surface area (TPSA) is 46.5 Å². The van der Waals surface area contributed by atoms with Crippen LogP contribution in [0.25, 0.3) is 0 Å². The zero-order valence-electron chi connectivity index (χ0n) is 19.2. The van der Waals surface area contributed by atoms with E-state index in [9.17, 15) is 4.79 Å². The molecule has 0 spiro atoms. The number of carboxylic acids is 1. The monoisotopic (exact) mass is 448 g/mol. The zero-order valence-corrected chi connectivity index (χ0v) is 19.2. The molecule has 4 aliphatic carbocycles. The highest BCUT2D eigenvalue weighted by Crippen LogP contribution is 2.60. The summed E-state index contributed by atoms with van der Waals surface area (Å²) in [5.41, 5.74) is 3.86. The molecular formula is C31H28O3. The second-order valence-electron chi connectivity index (χ2n) is 10.5. The Bertz CT molecular complexity index is 1220. The molecule has 0 heterocycles. The van der Waals surface area contributed by atoms with E-state index < -0.39 is 5.97 Å². The number of benzene rings is 3. The molecule has 4 saturated carbocycles. The quantitative estimate of drug-likeness (QED) is 0.435. The van der Waals surface area contributed by atoms with Crippen LogP contribution in [0.5, 0.6) is 11.5 Å². The van der Waals surface area contributed by atoms with Crippen molar-refractivity contribution in [1.29, 1.82) is 0 Å². The fourth-order valence-electron chi connectivity index (χ4n) is 6.92. The summed E-state index contributed by atoms with van der Waals surface area (Å²) in [5.74, 6) is 9.77. The minimum atomic E-state index is -0.933.